The molecule has 0 aliphatic rings. The van der Waals surface area contributed by atoms with Crippen molar-refractivity contribution in [1.82, 2.24) is 4.98 Å². The van der Waals surface area contributed by atoms with E-state index >= 15 is 0 Å². The molecule has 0 spiro atoms. The first-order chi connectivity index (χ1) is 8.29. The molecule has 1 aromatic heterocycles. The highest BCUT2D eigenvalue weighted by Crippen LogP contribution is 2.18. The highest BCUT2D eigenvalue weighted by atomic mass is 35.5. The predicted molar refractivity (Wildman–Crippen MR) is 72.4 cm³/mol. The number of anilines is 1. The second-order valence-corrected chi connectivity index (χ2v) is 4.22. The van der Waals surface area contributed by atoms with E-state index in [0.717, 1.165) is 18.7 Å². The van der Waals surface area contributed by atoms with Crippen LogP contribution in [0.4, 0.5) is 5.69 Å². The van der Waals surface area contributed by atoms with Crippen LogP contribution in [0.5, 0.6) is 0 Å². The Bertz CT molecular complexity index is 480. The van der Waals surface area contributed by atoms with Gasteiger partial charge in [-0.3, -0.25) is 0 Å². The number of benzene rings is 1. The van der Waals surface area contributed by atoms with E-state index in [1.54, 1.807) is 6.20 Å². The summed E-state index contributed by atoms with van der Waals surface area (Å²) in [7, 11) is 0. The third-order valence-electron chi connectivity index (χ3n) is 2.67. The van der Waals surface area contributed by atoms with E-state index < -0.39 is 0 Å². The SMILES string of the molecule is CCc1ccc(CNc2cccnc2Cl)cc1. The maximum Gasteiger partial charge on any atom is 0.152 e. The Morgan fingerprint density at radius 1 is 1.12 bits per heavy atom. The van der Waals surface area contributed by atoms with Gasteiger partial charge in [0, 0.05) is 12.7 Å². The molecule has 0 unspecified atom stereocenters. The van der Waals surface area contributed by atoms with Crippen molar-refractivity contribution in [3.05, 3.63) is 58.9 Å². The second-order valence-electron chi connectivity index (χ2n) is 3.87. The molecule has 0 aliphatic carbocycles. The fraction of sp³-hybridized carbons (Fsp3) is 0.214. The Morgan fingerprint density at radius 3 is 2.47 bits per heavy atom. The van der Waals surface area contributed by atoms with Crippen LogP contribution >= 0.6 is 11.6 Å². The van der Waals surface area contributed by atoms with E-state index in [4.69, 9.17) is 11.6 Å². The van der Waals surface area contributed by atoms with Crippen molar-refractivity contribution < 1.29 is 0 Å². The lowest BCUT2D eigenvalue weighted by Gasteiger charge is -2.08. The summed E-state index contributed by atoms with van der Waals surface area (Å²) in [6, 6.07) is 12.4. The number of hydrogen-bond donors (Lipinski definition) is 1. The number of nitrogens with zero attached hydrogens (tertiary/aromatic N) is 1. The van der Waals surface area contributed by atoms with Gasteiger partial charge in [-0.1, -0.05) is 42.8 Å². The maximum atomic E-state index is 5.96. The monoisotopic (exact) mass is 246 g/mol. The van der Waals surface area contributed by atoms with Crippen molar-refractivity contribution in [3.8, 4) is 0 Å². The lowest BCUT2D eigenvalue weighted by Crippen LogP contribution is -2.00. The first-order valence-corrected chi connectivity index (χ1v) is 6.09. The zero-order valence-corrected chi connectivity index (χ0v) is 10.5. The van der Waals surface area contributed by atoms with Gasteiger partial charge >= 0.3 is 0 Å². The number of aryl methyl sites for hydroxylation is 1. The average Bonchev–Trinajstić information content (AvgIpc) is 2.38. The van der Waals surface area contributed by atoms with Crippen LogP contribution in [0, 0.1) is 0 Å². The Balaban J connectivity index is 2.00. The van der Waals surface area contributed by atoms with Crippen LogP contribution in [-0.4, -0.2) is 4.98 Å². The Kier molecular flexibility index (Phi) is 3.99. The Labute approximate surface area is 107 Å². The first-order valence-electron chi connectivity index (χ1n) is 5.72. The van der Waals surface area contributed by atoms with Crippen LogP contribution in [0.3, 0.4) is 0 Å². The molecule has 0 atom stereocenters. The molecule has 0 bridgehead atoms. The number of nitrogens with one attached hydrogen (secondary N) is 1. The number of rotatable bonds is 4. The quantitative estimate of drug-likeness (QED) is 0.828. The smallest absolute Gasteiger partial charge is 0.152 e. The summed E-state index contributed by atoms with van der Waals surface area (Å²) in [4.78, 5) is 4.02. The van der Waals surface area contributed by atoms with E-state index in [-0.39, 0.29) is 0 Å². The minimum absolute atomic E-state index is 0.512. The van der Waals surface area contributed by atoms with E-state index in [9.17, 15) is 0 Å². The molecule has 2 aromatic rings. The molecule has 88 valence electrons. The van der Waals surface area contributed by atoms with Gasteiger partial charge in [-0.2, -0.15) is 0 Å². The molecule has 1 N–H and O–H groups in total. The zero-order valence-electron chi connectivity index (χ0n) is 9.78. The average molecular weight is 247 g/mol. The molecular formula is C14H15ClN2. The van der Waals surface area contributed by atoms with E-state index in [2.05, 4.69) is 41.5 Å². The van der Waals surface area contributed by atoms with E-state index in [1.807, 2.05) is 12.1 Å². The molecule has 1 aromatic carbocycles. The highest BCUT2D eigenvalue weighted by Gasteiger charge is 1.99. The van der Waals surface area contributed by atoms with Crippen molar-refractivity contribution in [2.75, 3.05) is 5.32 Å². The largest absolute Gasteiger partial charge is 0.378 e. The zero-order chi connectivity index (χ0) is 12.1. The van der Waals surface area contributed by atoms with Crippen LogP contribution in [0.1, 0.15) is 18.1 Å². The van der Waals surface area contributed by atoms with Crippen molar-refractivity contribution >= 4 is 17.3 Å². The van der Waals surface area contributed by atoms with Gasteiger partial charge in [0.05, 0.1) is 5.69 Å². The number of aromatic nitrogens is 1. The molecule has 0 amide bonds. The van der Waals surface area contributed by atoms with Crippen LogP contribution in [-0.2, 0) is 13.0 Å². The predicted octanol–water partition coefficient (Wildman–Crippen LogP) is 3.91. The van der Waals surface area contributed by atoms with E-state index in [1.165, 1.54) is 11.1 Å². The molecule has 0 fully saturated rings. The third kappa shape index (κ3) is 3.21. The van der Waals surface area contributed by atoms with Crippen molar-refractivity contribution in [2.24, 2.45) is 0 Å². The van der Waals surface area contributed by atoms with Crippen LogP contribution in [0.2, 0.25) is 5.15 Å². The van der Waals surface area contributed by atoms with Gasteiger partial charge < -0.3 is 5.32 Å². The summed E-state index contributed by atoms with van der Waals surface area (Å²) in [5.74, 6) is 0. The van der Waals surface area contributed by atoms with Crippen LogP contribution in [0.25, 0.3) is 0 Å². The maximum absolute atomic E-state index is 5.96. The molecule has 2 rings (SSSR count). The molecule has 0 radical (unpaired) electrons. The van der Waals surface area contributed by atoms with Gasteiger partial charge in [-0.15, -0.1) is 0 Å². The van der Waals surface area contributed by atoms with Crippen molar-refractivity contribution in [1.29, 1.82) is 0 Å². The summed E-state index contributed by atoms with van der Waals surface area (Å²) in [6.07, 6.45) is 2.76. The normalized spacial score (nSPS) is 10.2. The number of halogens is 1. The van der Waals surface area contributed by atoms with Crippen LogP contribution < -0.4 is 5.32 Å². The highest BCUT2D eigenvalue weighted by molar-refractivity contribution is 6.31. The minimum Gasteiger partial charge on any atom is -0.378 e. The molecular weight excluding hydrogens is 232 g/mol. The molecule has 2 nitrogen and oxygen atoms in total. The van der Waals surface area contributed by atoms with Gasteiger partial charge in [0.25, 0.3) is 0 Å². The topological polar surface area (TPSA) is 24.9 Å². The summed E-state index contributed by atoms with van der Waals surface area (Å²) in [5, 5.41) is 3.78. The fourth-order valence-electron chi connectivity index (χ4n) is 1.61. The van der Waals surface area contributed by atoms with Crippen molar-refractivity contribution in [3.63, 3.8) is 0 Å². The van der Waals surface area contributed by atoms with Gasteiger partial charge in [0.15, 0.2) is 5.15 Å². The molecule has 0 saturated heterocycles. The molecule has 3 heteroatoms. The van der Waals surface area contributed by atoms with Gasteiger partial charge in [-0.25, -0.2) is 4.98 Å². The minimum atomic E-state index is 0.512. The molecule has 17 heavy (non-hydrogen) atoms. The summed E-state index contributed by atoms with van der Waals surface area (Å²) < 4.78 is 0. The Hall–Kier alpha value is -1.54. The van der Waals surface area contributed by atoms with Crippen LogP contribution in [0.15, 0.2) is 42.6 Å². The van der Waals surface area contributed by atoms with E-state index in [0.29, 0.717) is 5.15 Å². The summed E-state index contributed by atoms with van der Waals surface area (Å²) in [5.41, 5.74) is 3.46. The lowest BCUT2D eigenvalue weighted by atomic mass is 10.1. The first kappa shape index (κ1) is 11.9. The van der Waals surface area contributed by atoms with Crippen molar-refractivity contribution in [2.45, 2.75) is 19.9 Å². The standard InChI is InChI=1S/C14H15ClN2/c1-2-11-5-7-12(8-6-11)10-17-13-4-3-9-16-14(13)15/h3-9,17H,2,10H2,1H3. The number of pyridine rings is 1. The van der Waals surface area contributed by atoms with Gasteiger partial charge in [0.2, 0.25) is 0 Å². The molecule has 0 saturated carbocycles. The van der Waals surface area contributed by atoms with Gasteiger partial charge in [0.1, 0.15) is 0 Å². The van der Waals surface area contributed by atoms with Gasteiger partial charge in [-0.05, 0) is 29.7 Å². The molecule has 0 aliphatic heterocycles. The number of hydrogen-bond acceptors (Lipinski definition) is 2. The Morgan fingerprint density at radius 2 is 1.82 bits per heavy atom. The molecule has 1 heterocycles. The third-order valence-corrected chi connectivity index (χ3v) is 2.97. The summed E-state index contributed by atoms with van der Waals surface area (Å²) in [6.45, 7) is 2.91. The summed E-state index contributed by atoms with van der Waals surface area (Å²) >= 11 is 5.96. The lowest BCUT2D eigenvalue weighted by molar-refractivity contribution is 1.10. The second kappa shape index (κ2) is 5.69. The fourth-order valence-corrected chi connectivity index (χ4v) is 1.79.